The number of phenolic OH excluding ortho intramolecular Hbond substituents is 1. The molecule has 4 aliphatic heterocycles. The first-order chi connectivity index (χ1) is 44.1. The van der Waals surface area contributed by atoms with Crippen molar-refractivity contribution in [2.24, 2.45) is 0 Å². The SMILES string of the molecule is C/C=C/CCCC[C@@H](C)OC1OC(C)C(OC(=O)c2ccc(O)cc2)CC1O.CCCCCCCCCCCCC[C@@H](C)OC1OC(C)C(O)CC1O.CCCCCCCCCCCC[C@@H](C)OC1OC(C)C(O)CC1O.CCCCCOC1OC(C)C(O)CC1O. The van der Waals surface area contributed by atoms with Gasteiger partial charge in [0.1, 0.15) is 36.3 Å². The predicted octanol–water partition coefficient (Wildman–Crippen LogP) is 14.5. The largest absolute Gasteiger partial charge is 0.508 e. The van der Waals surface area contributed by atoms with Crippen LogP contribution in [0.4, 0.5) is 0 Å². The third kappa shape index (κ3) is 39.1. The molecular weight excluding hydrogens is 1180 g/mol. The van der Waals surface area contributed by atoms with Gasteiger partial charge in [-0.15, -0.1) is 0 Å². The Morgan fingerprint density at radius 3 is 1.16 bits per heavy atom. The molecule has 4 aliphatic rings. The number of carbonyl (C=O) groups excluding carboxylic acids is 1. The summed E-state index contributed by atoms with van der Waals surface area (Å²) in [6.07, 6.45) is 34.1. The Bertz CT molecular complexity index is 1910. The summed E-state index contributed by atoms with van der Waals surface area (Å²) >= 11 is 0. The van der Waals surface area contributed by atoms with Crippen molar-refractivity contribution in [3.8, 4) is 5.75 Å². The van der Waals surface area contributed by atoms with E-state index >= 15 is 0 Å². The molecule has 0 saturated carbocycles. The Morgan fingerprint density at radius 2 is 0.772 bits per heavy atom. The van der Waals surface area contributed by atoms with Gasteiger partial charge in [0.15, 0.2) is 25.2 Å². The second-order valence-corrected chi connectivity index (χ2v) is 26.8. The molecule has 540 valence electrons. The van der Waals surface area contributed by atoms with E-state index in [1.165, 1.54) is 153 Å². The molecule has 18 heteroatoms. The minimum Gasteiger partial charge on any atom is -0.508 e. The highest BCUT2D eigenvalue weighted by atomic mass is 16.7. The fourth-order valence-electron chi connectivity index (χ4n) is 11.5. The summed E-state index contributed by atoms with van der Waals surface area (Å²) in [6, 6.07) is 5.84. The van der Waals surface area contributed by atoms with Gasteiger partial charge in [0.25, 0.3) is 0 Å². The molecule has 0 radical (unpaired) electrons. The number of esters is 1. The number of hydrogen-bond donors (Lipinski definition) is 8. The first-order valence-corrected chi connectivity index (χ1v) is 36.7. The molecule has 0 bridgehead atoms. The highest BCUT2D eigenvalue weighted by Crippen LogP contribution is 2.29. The number of rotatable bonds is 41. The average molecular weight is 1310 g/mol. The number of unbranched alkanes of at least 4 members (excludes halogenated alkanes) is 23. The van der Waals surface area contributed by atoms with Gasteiger partial charge in [-0.05, 0) is 118 Å². The Kier molecular flexibility index (Phi) is 49.1. The zero-order chi connectivity index (χ0) is 68.1. The van der Waals surface area contributed by atoms with Gasteiger partial charge < -0.3 is 83.5 Å². The van der Waals surface area contributed by atoms with Crippen LogP contribution in [0.3, 0.4) is 0 Å². The number of ether oxygens (including phenoxy) is 9. The lowest BCUT2D eigenvalue weighted by Crippen LogP contribution is -2.49. The van der Waals surface area contributed by atoms with Crippen LogP contribution in [0, 0.1) is 0 Å². The van der Waals surface area contributed by atoms with E-state index in [0.717, 1.165) is 64.2 Å². The number of carbonyl (C=O) groups is 1. The Labute approximate surface area is 557 Å². The van der Waals surface area contributed by atoms with Crippen molar-refractivity contribution < 1.29 is 88.3 Å². The lowest BCUT2D eigenvalue weighted by atomic mass is 10.0. The summed E-state index contributed by atoms with van der Waals surface area (Å²) < 4.78 is 50.7. The number of hydrogen-bond acceptors (Lipinski definition) is 18. The standard InChI is InChI=1S/C22H32O6.C21H42O4.C20H40O4.C11H22O4/c1-4-5-6-7-8-9-15(2)26-22-19(24)14-20(16(3)27-22)28-21(25)17-10-12-18(23)13-11-17;1-4-5-6-7-8-9-10-11-12-13-14-15-17(2)24-21-20(23)16-19(22)18(3)25-21;1-4-5-6-7-8-9-10-11-12-13-14-16(2)23-20-19(22)15-18(21)17(3)24-20;1-3-4-5-6-14-11-10(13)7-9(12)8(2)15-11/h4-5,10-13,15-16,19-20,22-24H,6-9,14H2,1-3H3;17-23H,4-16H2,1-3H3;16-22H,4-15H2,1-3H3;8-13H,3-7H2,1-2H3/b5-4+;;;/t15-,16?,19?,20?,22?;17-,18?,19?,20?,21?;16-,17?,18?,19?,20?;/m111./s1. The smallest absolute Gasteiger partial charge is 0.338 e. The summed E-state index contributed by atoms with van der Waals surface area (Å²) in [5.41, 5.74) is 0.337. The second-order valence-electron chi connectivity index (χ2n) is 26.8. The minimum absolute atomic E-state index is 0.0199. The van der Waals surface area contributed by atoms with Crippen LogP contribution < -0.4 is 0 Å². The molecule has 4 fully saturated rings. The van der Waals surface area contributed by atoms with Crippen molar-refractivity contribution in [1.82, 2.24) is 0 Å². The van der Waals surface area contributed by atoms with Gasteiger partial charge in [-0.25, -0.2) is 4.79 Å². The molecule has 19 atom stereocenters. The molecule has 92 heavy (non-hydrogen) atoms. The zero-order valence-corrected chi connectivity index (χ0v) is 59.3. The molecule has 8 N–H and O–H groups in total. The highest BCUT2D eigenvalue weighted by molar-refractivity contribution is 5.89. The number of phenols is 1. The molecule has 0 aromatic heterocycles. The molecule has 16 unspecified atom stereocenters. The first-order valence-electron chi connectivity index (χ1n) is 36.7. The van der Waals surface area contributed by atoms with Crippen molar-refractivity contribution in [3.05, 3.63) is 42.0 Å². The third-order valence-electron chi connectivity index (χ3n) is 17.9. The minimum atomic E-state index is -0.862. The van der Waals surface area contributed by atoms with Gasteiger partial charge >= 0.3 is 5.97 Å². The molecule has 1 aromatic rings. The fourth-order valence-corrected chi connectivity index (χ4v) is 11.5. The maximum atomic E-state index is 12.3. The Hall–Kier alpha value is -2.37. The van der Waals surface area contributed by atoms with E-state index in [1.54, 1.807) is 13.8 Å². The molecule has 18 nitrogen and oxygen atoms in total. The second kappa shape index (κ2) is 52.7. The summed E-state index contributed by atoms with van der Waals surface area (Å²) in [4.78, 5) is 12.3. The van der Waals surface area contributed by atoms with E-state index in [2.05, 4.69) is 32.9 Å². The van der Waals surface area contributed by atoms with E-state index in [9.17, 15) is 45.6 Å². The van der Waals surface area contributed by atoms with Gasteiger partial charge in [0.05, 0.1) is 66.6 Å². The van der Waals surface area contributed by atoms with Crippen molar-refractivity contribution >= 4 is 5.97 Å². The summed E-state index contributed by atoms with van der Waals surface area (Å²) in [5.74, 6) is -0.432. The van der Waals surface area contributed by atoms with Crippen LogP contribution in [0.25, 0.3) is 0 Å². The maximum absolute atomic E-state index is 12.3. The van der Waals surface area contributed by atoms with Crippen LogP contribution in [-0.2, 0) is 42.6 Å². The highest BCUT2D eigenvalue weighted by Gasteiger charge is 2.40. The summed E-state index contributed by atoms with van der Waals surface area (Å²) in [7, 11) is 0. The van der Waals surface area contributed by atoms with Crippen molar-refractivity contribution in [2.45, 2.75) is 411 Å². The van der Waals surface area contributed by atoms with E-state index in [4.69, 9.17) is 42.6 Å². The predicted molar refractivity (Wildman–Crippen MR) is 363 cm³/mol. The van der Waals surface area contributed by atoms with E-state index in [1.807, 2.05) is 41.5 Å². The van der Waals surface area contributed by atoms with Crippen LogP contribution in [0.5, 0.6) is 5.75 Å². The molecule has 0 amide bonds. The van der Waals surface area contributed by atoms with Gasteiger partial charge in [-0.1, -0.05) is 187 Å². The monoisotopic (exact) mass is 1310 g/mol. The third-order valence-corrected chi connectivity index (χ3v) is 17.9. The maximum Gasteiger partial charge on any atom is 0.338 e. The number of aliphatic hydroxyl groups is 7. The molecule has 0 spiro atoms. The topological polar surface area (TPSA) is 262 Å². The van der Waals surface area contributed by atoms with E-state index in [-0.39, 0.29) is 48.8 Å². The number of allylic oxidation sites excluding steroid dienone is 2. The van der Waals surface area contributed by atoms with Crippen LogP contribution in [0.1, 0.15) is 305 Å². The van der Waals surface area contributed by atoms with Gasteiger partial charge in [-0.3, -0.25) is 0 Å². The van der Waals surface area contributed by atoms with Crippen molar-refractivity contribution in [3.63, 3.8) is 0 Å². The normalized spacial score (nSPS) is 29.2. The van der Waals surface area contributed by atoms with Gasteiger partial charge in [0, 0.05) is 32.3 Å². The number of aromatic hydroxyl groups is 1. The summed E-state index contributed by atoms with van der Waals surface area (Å²) in [6.45, 7) is 22.6. The zero-order valence-electron chi connectivity index (χ0n) is 59.3. The molecule has 1 aromatic carbocycles. The number of benzene rings is 1. The molecular formula is C74H136O18. The van der Waals surface area contributed by atoms with Crippen LogP contribution >= 0.6 is 0 Å². The first kappa shape index (κ1) is 85.7. The van der Waals surface area contributed by atoms with Gasteiger partial charge in [0.2, 0.25) is 0 Å². The van der Waals surface area contributed by atoms with Crippen LogP contribution in [0.15, 0.2) is 36.4 Å². The van der Waals surface area contributed by atoms with E-state index < -0.39 is 86.1 Å². The molecule has 5 rings (SSSR count). The lowest BCUT2D eigenvalue weighted by molar-refractivity contribution is -0.273. The fraction of sp³-hybridized carbons (Fsp3) is 0.878. The van der Waals surface area contributed by atoms with E-state index in [0.29, 0.717) is 31.4 Å². The van der Waals surface area contributed by atoms with Crippen molar-refractivity contribution in [1.29, 1.82) is 0 Å². The van der Waals surface area contributed by atoms with Crippen LogP contribution in [-0.4, -0.2) is 170 Å². The molecule has 4 saturated heterocycles. The van der Waals surface area contributed by atoms with Crippen molar-refractivity contribution in [2.75, 3.05) is 6.61 Å². The lowest BCUT2D eigenvalue weighted by Gasteiger charge is -2.38. The van der Waals surface area contributed by atoms with Gasteiger partial charge in [-0.2, -0.15) is 0 Å². The Morgan fingerprint density at radius 1 is 0.446 bits per heavy atom. The number of aliphatic hydroxyl groups excluding tert-OH is 7. The Balaban J connectivity index is 0.000000426. The van der Waals surface area contributed by atoms with Crippen LogP contribution in [0.2, 0.25) is 0 Å². The average Bonchev–Trinajstić information content (AvgIpc) is 1.72. The quantitative estimate of drug-likeness (QED) is 0.0172. The molecule has 4 heterocycles. The summed E-state index contributed by atoms with van der Waals surface area (Å²) in [5, 5.41) is 78.0. The molecule has 0 aliphatic carbocycles.